The lowest BCUT2D eigenvalue weighted by Gasteiger charge is -2.35. The molecule has 1 atom stereocenters. The third kappa shape index (κ3) is 4.64. The Morgan fingerprint density at radius 2 is 1.76 bits per heavy atom. The van der Waals surface area contributed by atoms with Crippen molar-refractivity contribution in [2.75, 3.05) is 13.1 Å². The van der Waals surface area contributed by atoms with Crippen LogP contribution in [0.1, 0.15) is 29.6 Å². The summed E-state index contributed by atoms with van der Waals surface area (Å²) in [5.41, 5.74) is 0.384. The first-order chi connectivity index (χ1) is 9.89. The van der Waals surface area contributed by atoms with Crippen LogP contribution in [0, 0.1) is 0 Å². The van der Waals surface area contributed by atoms with Gasteiger partial charge in [0.05, 0.1) is 23.7 Å². The van der Waals surface area contributed by atoms with Gasteiger partial charge in [0.2, 0.25) is 6.17 Å². The number of rotatable bonds is 3. The smallest absolute Gasteiger partial charge is 0.262 e. The summed E-state index contributed by atoms with van der Waals surface area (Å²) < 4.78 is -1.57. The molecule has 1 saturated heterocycles. The molecule has 116 valence electrons. The number of hydrogen-bond acceptors (Lipinski definition) is 1. The Morgan fingerprint density at radius 3 is 2.33 bits per heavy atom. The zero-order valence-electron chi connectivity index (χ0n) is 11.3. The van der Waals surface area contributed by atoms with Gasteiger partial charge in [-0.25, -0.2) is 0 Å². The predicted octanol–water partition coefficient (Wildman–Crippen LogP) is 2.83. The quantitative estimate of drug-likeness (QED) is 0.788. The highest BCUT2D eigenvalue weighted by atomic mass is 35.6. The monoisotopic (exact) mass is 369 g/mol. The molecule has 1 amide bonds. The van der Waals surface area contributed by atoms with E-state index in [4.69, 9.17) is 46.4 Å². The van der Waals surface area contributed by atoms with Crippen molar-refractivity contribution < 1.29 is 9.69 Å². The van der Waals surface area contributed by atoms with Crippen LogP contribution in [-0.2, 0) is 0 Å². The summed E-state index contributed by atoms with van der Waals surface area (Å²) in [6.07, 6.45) is 2.71. The van der Waals surface area contributed by atoms with Gasteiger partial charge in [0.25, 0.3) is 9.70 Å². The molecule has 2 N–H and O–H groups in total. The van der Waals surface area contributed by atoms with Gasteiger partial charge in [0.1, 0.15) is 0 Å². The summed E-state index contributed by atoms with van der Waals surface area (Å²) in [7, 11) is 0. The first-order valence-corrected chi connectivity index (χ1v) is 8.37. The fraction of sp³-hybridized carbons (Fsp3) is 0.500. The van der Waals surface area contributed by atoms with Gasteiger partial charge in [-0.1, -0.05) is 58.5 Å². The minimum atomic E-state index is -1.57. The Labute approximate surface area is 144 Å². The van der Waals surface area contributed by atoms with Crippen molar-refractivity contribution in [3.05, 3.63) is 34.9 Å². The SMILES string of the molecule is O=C(NC([NH+]1CCCCC1)C(Cl)(Cl)Cl)c1ccccc1Cl. The van der Waals surface area contributed by atoms with Gasteiger partial charge < -0.3 is 4.90 Å². The van der Waals surface area contributed by atoms with Crippen molar-refractivity contribution in [1.29, 1.82) is 0 Å². The summed E-state index contributed by atoms with van der Waals surface area (Å²) in [5.74, 6) is -0.324. The molecule has 1 heterocycles. The summed E-state index contributed by atoms with van der Waals surface area (Å²) in [6, 6.07) is 6.83. The molecule has 0 spiro atoms. The number of alkyl halides is 3. The van der Waals surface area contributed by atoms with Crippen LogP contribution in [0.2, 0.25) is 5.02 Å². The molecule has 0 bridgehead atoms. The number of quaternary nitrogens is 1. The van der Waals surface area contributed by atoms with Crippen molar-refractivity contribution >= 4 is 52.3 Å². The topological polar surface area (TPSA) is 33.5 Å². The molecule has 0 aliphatic carbocycles. The van der Waals surface area contributed by atoms with Crippen molar-refractivity contribution in [1.82, 2.24) is 5.32 Å². The first-order valence-electron chi connectivity index (χ1n) is 6.86. The molecule has 1 unspecified atom stereocenters. The van der Waals surface area contributed by atoms with E-state index in [9.17, 15) is 4.79 Å². The molecule has 0 radical (unpaired) electrons. The number of piperidine rings is 1. The molecule has 1 aliphatic heterocycles. The minimum absolute atomic E-state index is 0.324. The van der Waals surface area contributed by atoms with E-state index in [0.29, 0.717) is 10.6 Å². The number of amides is 1. The lowest BCUT2D eigenvalue weighted by Crippen LogP contribution is -3.20. The predicted molar refractivity (Wildman–Crippen MR) is 87.5 cm³/mol. The fourth-order valence-corrected chi connectivity index (χ4v) is 3.41. The lowest BCUT2D eigenvalue weighted by molar-refractivity contribution is -0.931. The van der Waals surface area contributed by atoms with Crippen LogP contribution < -0.4 is 10.2 Å². The number of likely N-dealkylation sites (tertiary alicyclic amines) is 1. The molecule has 1 aromatic carbocycles. The average Bonchev–Trinajstić information content (AvgIpc) is 2.44. The van der Waals surface area contributed by atoms with Crippen molar-refractivity contribution in [3.8, 4) is 0 Å². The second-order valence-electron chi connectivity index (χ2n) is 5.15. The Balaban J connectivity index is 2.15. The average molecular weight is 371 g/mol. The molecule has 2 rings (SSSR count). The normalized spacial score (nSPS) is 18.3. The molecule has 21 heavy (non-hydrogen) atoms. The maximum absolute atomic E-state index is 12.4. The van der Waals surface area contributed by atoms with Crippen LogP contribution in [0.25, 0.3) is 0 Å². The van der Waals surface area contributed by atoms with Crippen LogP contribution in [0.15, 0.2) is 24.3 Å². The van der Waals surface area contributed by atoms with Crippen LogP contribution in [-0.4, -0.2) is 29.0 Å². The summed E-state index contributed by atoms with van der Waals surface area (Å²) in [6.45, 7) is 1.75. The number of hydrogen-bond donors (Lipinski definition) is 2. The third-order valence-corrected chi connectivity index (χ3v) is 4.61. The van der Waals surface area contributed by atoms with Gasteiger partial charge in [-0.3, -0.25) is 10.1 Å². The second kappa shape index (κ2) is 7.38. The number of carbonyl (C=O) groups is 1. The molecular formula is C14H17Cl4N2O+. The molecule has 0 aromatic heterocycles. The van der Waals surface area contributed by atoms with E-state index < -0.39 is 9.96 Å². The van der Waals surface area contributed by atoms with E-state index in [-0.39, 0.29) is 5.91 Å². The maximum Gasteiger partial charge on any atom is 0.262 e. The first kappa shape index (κ1) is 17.2. The highest BCUT2D eigenvalue weighted by Gasteiger charge is 2.42. The maximum atomic E-state index is 12.4. The van der Waals surface area contributed by atoms with Gasteiger partial charge in [-0.2, -0.15) is 0 Å². The van der Waals surface area contributed by atoms with Gasteiger partial charge >= 0.3 is 0 Å². The van der Waals surface area contributed by atoms with Gasteiger partial charge in [-0.05, 0) is 31.4 Å². The number of carbonyl (C=O) groups excluding carboxylic acids is 1. The Hall–Kier alpha value is -0.190. The molecule has 7 heteroatoms. The highest BCUT2D eigenvalue weighted by molar-refractivity contribution is 6.68. The zero-order chi connectivity index (χ0) is 15.5. The largest absolute Gasteiger partial charge is 0.312 e. The van der Waals surface area contributed by atoms with E-state index in [2.05, 4.69) is 5.32 Å². The van der Waals surface area contributed by atoms with Crippen molar-refractivity contribution in [2.24, 2.45) is 0 Å². The lowest BCUT2D eigenvalue weighted by atomic mass is 10.1. The summed E-state index contributed by atoms with van der Waals surface area (Å²) in [4.78, 5) is 13.5. The van der Waals surface area contributed by atoms with Crippen molar-refractivity contribution in [3.63, 3.8) is 0 Å². The number of halogens is 4. The molecular weight excluding hydrogens is 354 g/mol. The van der Waals surface area contributed by atoms with E-state index in [1.54, 1.807) is 24.3 Å². The molecule has 1 aromatic rings. The van der Waals surface area contributed by atoms with Gasteiger partial charge in [0.15, 0.2) is 0 Å². The zero-order valence-corrected chi connectivity index (χ0v) is 14.4. The van der Waals surface area contributed by atoms with Crippen molar-refractivity contribution in [2.45, 2.75) is 29.2 Å². The van der Waals surface area contributed by atoms with E-state index in [1.807, 2.05) is 0 Å². The van der Waals surface area contributed by atoms with Gasteiger partial charge in [0, 0.05) is 0 Å². The Kier molecular flexibility index (Phi) is 6.04. The van der Waals surface area contributed by atoms with Crippen LogP contribution >= 0.6 is 46.4 Å². The van der Waals surface area contributed by atoms with Gasteiger partial charge in [-0.15, -0.1) is 0 Å². The number of nitrogens with one attached hydrogen (secondary N) is 2. The Bertz CT molecular complexity index is 498. The standard InChI is InChI=1S/C14H16Cl4N2O/c15-11-7-3-2-6-10(11)12(21)19-13(14(16,17)18)20-8-4-1-5-9-20/h2-3,6-7,13H,1,4-5,8-9H2,(H,19,21)/p+1. The fourth-order valence-electron chi connectivity index (χ4n) is 2.56. The van der Waals surface area contributed by atoms with Crippen LogP contribution in [0.4, 0.5) is 0 Å². The molecule has 1 aliphatic rings. The minimum Gasteiger partial charge on any atom is -0.312 e. The molecule has 3 nitrogen and oxygen atoms in total. The molecule has 1 fully saturated rings. The summed E-state index contributed by atoms with van der Waals surface area (Å²) >= 11 is 24.2. The highest BCUT2D eigenvalue weighted by Crippen LogP contribution is 2.28. The summed E-state index contributed by atoms with van der Waals surface area (Å²) in [5, 5.41) is 3.21. The third-order valence-electron chi connectivity index (χ3n) is 3.63. The van der Waals surface area contributed by atoms with Crippen LogP contribution in [0.3, 0.4) is 0 Å². The number of benzene rings is 1. The van der Waals surface area contributed by atoms with E-state index in [0.717, 1.165) is 30.8 Å². The Morgan fingerprint density at radius 1 is 1.14 bits per heavy atom. The second-order valence-corrected chi connectivity index (χ2v) is 7.92. The van der Waals surface area contributed by atoms with E-state index in [1.165, 1.54) is 6.42 Å². The van der Waals surface area contributed by atoms with E-state index >= 15 is 0 Å². The van der Waals surface area contributed by atoms with Crippen LogP contribution in [0.5, 0.6) is 0 Å². The molecule has 0 saturated carbocycles.